The van der Waals surface area contributed by atoms with Gasteiger partial charge < -0.3 is 14.8 Å². The van der Waals surface area contributed by atoms with E-state index < -0.39 is 0 Å². The van der Waals surface area contributed by atoms with Gasteiger partial charge in [0.1, 0.15) is 5.82 Å². The van der Waals surface area contributed by atoms with Crippen LogP contribution in [0.3, 0.4) is 0 Å². The number of hydrogen-bond acceptors (Lipinski definition) is 3. The highest BCUT2D eigenvalue weighted by atomic mass is 35.5. The van der Waals surface area contributed by atoms with Crippen molar-refractivity contribution in [2.45, 2.75) is 20.3 Å². The van der Waals surface area contributed by atoms with Crippen LogP contribution in [-0.2, 0) is 0 Å². The molecule has 0 fully saturated rings. The molecule has 4 nitrogen and oxygen atoms in total. The van der Waals surface area contributed by atoms with Crippen molar-refractivity contribution < 1.29 is 18.7 Å². The third-order valence-electron chi connectivity index (χ3n) is 3.12. The van der Waals surface area contributed by atoms with Crippen molar-refractivity contribution in [3.63, 3.8) is 0 Å². The SMILES string of the molecule is CCCOc1c(Cl)cc(C(=O)Nc2ccc(F)cc2)cc1OCC. The third kappa shape index (κ3) is 4.61. The molecule has 1 amide bonds. The number of ether oxygens (including phenoxy) is 2. The van der Waals surface area contributed by atoms with E-state index in [0.717, 1.165) is 6.42 Å². The van der Waals surface area contributed by atoms with E-state index in [4.69, 9.17) is 21.1 Å². The molecule has 0 saturated carbocycles. The fourth-order valence-electron chi connectivity index (χ4n) is 2.04. The van der Waals surface area contributed by atoms with Gasteiger partial charge in [0.2, 0.25) is 0 Å². The van der Waals surface area contributed by atoms with Crippen molar-refractivity contribution in [3.05, 3.63) is 52.8 Å². The predicted molar refractivity (Wildman–Crippen MR) is 92.8 cm³/mol. The van der Waals surface area contributed by atoms with E-state index in [0.29, 0.717) is 41.0 Å². The van der Waals surface area contributed by atoms with Crippen LogP contribution in [0.15, 0.2) is 36.4 Å². The van der Waals surface area contributed by atoms with Crippen LogP contribution < -0.4 is 14.8 Å². The van der Waals surface area contributed by atoms with Gasteiger partial charge in [-0.05, 0) is 49.7 Å². The first-order valence-electron chi connectivity index (χ1n) is 7.71. The van der Waals surface area contributed by atoms with E-state index in [-0.39, 0.29) is 11.7 Å². The molecule has 24 heavy (non-hydrogen) atoms. The molecule has 0 atom stereocenters. The monoisotopic (exact) mass is 351 g/mol. The molecule has 2 rings (SSSR count). The molecule has 128 valence electrons. The van der Waals surface area contributed by atoms with Gasteiger partial charge in [0.15, 0.2) is 11.5 Å². The zero-order valence-corrected chi connectivity index (χ0v) is 14.3. The Labute approximate surface area is 145 Å². The third-order valence-corrected chi connectivity index (χ3v) is 3.40. The van der Waals surface area contributed by atoms with E-state index >= 15 is 0 Å². The molecule has 0 heterocycles. The average molecular weight is 352 g/mol. The molecule has 0 saturated heterocycles. The minimum absolute atomic E-state index is 0.304. The largest absolute Gasteiger partial charge is 0.490 e. The fraction of sp³-hybridized carbons (Fsp3) is 0.278. The molecule has 2 aromatic rings. The van der Waals surface area contributed by atoms with Crippen molar-refractivity contribution in [2.24, 2.45) is 0 Å². The van der Waals surface area contributed by atoms with Crippen LogP contribution in [0.4, 0.5) is 10.1 Å². The summed E-state index contributed by atoms with van der Waals surface area (Å²) in [6.07, 6.45) is 0.828. The number of carbonyl (C=O) groups excluding carboxylic acids is 1. The zero-order valence-electron chi connectivity index (χ0n) is 13.6. The summed E-state index contributed by atoms with van der Waals surface area (Å²) in [6.45, 7) is 4.74. The second kappa shape index (κ2) is 8.55. The summed E-state index contributed by atoms with van der Waals surface area (Å²) in [5.41, 5.74) is 0.818. The standard InChI is InChI=1S/C18H19ClFNO3/c1-3-9-24-17-15(19)10-12(11-16(17)23-4-2)18(22)21-14-7-5-13(20)6-8-14/h5-8,10-11H,3-4,9H2,1-2H3,(H,21,22). The van der Waals surface area contributed by atoms with Crippen LogP contribution in [0, 0.1) is 5.82 Å². The highest BCUT2D eigenvalue weighted by Crippen LogP contribution is 2.37. The summed E-state index contributed by atoms with van der Waals surface area (Å²) in [5, 5.41) is 2.99. The Hall–Kier alpha value is -2.27. The molecule has 0 aromatic heterocycles. The van der Waals surface area contributed by atoms with Crippen molar-refractivity contribution in [1.82, 2.24) is 0 Å². The van der Waals surface area contributed by atoms with E-state index in [2.05, 4.69) is 5.32 Å². The molecule has 0 aliphatic carbocycles. The number of amides is 1. The van der Waals surface area contributed by atoms with Gasteiger partial charge in [0.05, 0.1) is 18.2 Å². The lowest BCUT2D eigenvalue weighted by Crippen LogP contribution is -2.12. The van der Waals surface area contributed by atoms with E-state index in [1.807, 2.05) is 13.8 Å². The maximum Gasteiger partial charge on any atom is 0.255 e. The van der Waals surface area contributed by atoms with Crippen LogP contribution >= 0.6 is 11.6 Å². The summed E-state index contributed by atoms with van der Waals surface area (Å²) in [7, 11) is 0. The molecule has 0 unspecified atom stereocenters. The Bertz CT molecular complexity index is 704. The molecule has 0 aliphatic rings. The Kier molecular flexibility index (Phi) is 6.44. The lowest BCUT2D eigenvalue weighted by Gasteiger charge is -2.15. The minimum Gasteiger partial charge on any atom is -0.490 e. The number of halogens is 2. The summed E-state index contributed by atoms with van der Waals surface area (Å²) >= 11 is 6.24. The lowest BCUT2D eigenvalue weighted by molar-refractivity contribution is 0.102. The normalized spacial score (nSPS) is 10.3. The van der Waals surface area contributed by atoms with Crippen LogP contribution in [0.5, 0.6) is 11.5 Å². The quantitative estimate of drug-likeness (QED) is 0.770. The molecule has 0 aliphatic heterocycles. The van der Waals surface area contributed by atoms with Gasteiger partial charge in [-0.15, -0.1) is 0 Å². The van der Waals surface area contributed by atoms with Crippen molar-refractivity contribution in [3.8, 4) is 11.5 Å². The van der Waals surface area contributed by atoms with Gasteiger partial charge in [0.25, 0.3) is 5.91 Å². The molecule has 6 heteroatoms. The molecule has 2 aromatic carbocycles. The maximum absolute atomic E-state index is 12.9. The van der Waals surface area contributed by atoms with E-state index in [1.54, 1.807) is 6.07 Å². The fourth-order valence-corrected chi connectivity index (χ4v) is 2.31. The highest BCUT2D eigenvalue weighted by molar-refractivity contribution is 6.32. The van der Waals surface area contributed by atoms with Crippen molar-refractivity contribution >= 4 is 23.2 Å². The number of hydrogen-bond donors (Lipinski definition) is 1. The molecule has 1 N–H and O–H groups in total. The Morgan fingerprint density at radius 3 is 2.50 bits per heavy atom. The summed E-state index contributed by atoms with van der Waals surface area (Å²) < 4.78 is 24.1. The summed E-state index contributed by atoms with van der Waals surface area (Å²) in [6, 6.07) is 8.62. The number of benzene rings is 2. The van der Waals surface area contributed by atoms with Crippen LogP contribution in [-0.4, -0.2) is 19.1 Å². The highest BCUT2D eigenvalue weighted by Gasteiger charge is 2.16. The number of nitrogens with one attached hydrogen (secondary N) is 1. The minimum atomic E-state index is -0.369. The van der Waals surface area contributed by atoms with Crippen LogP contribution in [0.1, 0.15) is 30.6 Å². The van der Waals surface area contributed by atoms with Gasteiger partial charge >= 0.3 is 0 Å². The Morgan fingerprint density at radius 1 is 1.17 bits per heavy atom. The molecule has 0 radical (unpaired) electrons. The van der Waals surface area contributed by atoms with Gasteiger partial charge in [0, 0.05) is 11.3 Å². The average Bonchev–Trinajstić information content (AvgIpc) is 2.56. The number of carbonyl (C=O) groups is 1. The first kappa shape index (κ1) is 18.1. The van der Waals surface area contributed by atoms with Crippen LogP contribution in [0.25, 0.3) is 0 Å². The summed E-state index contributed by atoms with van der Waals surface area (Å²) in [5.74, 6) is 0.111. The van der Waals surface area contributed by atoms with Gasteiger partial charge in [-0.2, -0.15) is 0 Å². The smallest absolute Gasteiger partial charge is 0.255 e. The number of rotatable bonds is 7. The first-order valence-corrected chi connectivity index (χ1v) is 8.09. The Morgan fingerprint density at radius 2 is 1.88 bits per heavy atom. The molecular formula is C18H19ClFNO3. The van der Waals surface area contributed by atoms with Crippen molar-refractivity contribution in [1.29, 1.82) is 0 Å². The van der Waals surface area contributed by atoms with Gasteiger partial charge in [-0.1, -0.05) is 18.5 Å². The summed E-state index contributed by atoms with van der Waals surface area (Å²) in [4.78, 5) is 12.4. The van der Waals surface area contributed by atoms with Crippen LogP contribution in [0.2, 0.25) is 5.02 Å². The predicted octanol–water partition coefficient (Wildman–Crippen LogP) is 4.92. The molecule has 0 bridgehead atoms. The zero-order chi connectivity index (χ0) is 17.5. The first-order chi connectivity index (χ1) is 11.5. The van der Waals surface area contributed by atoms with E-state index in [1.165, 1.54) is 30.3 Å². The van der Waals surface area contributed by atoms with E-state index in [9.17, 15) is 9.18 Å². The lowest BCUT2D eigenvalue weighted by atomic mass is 10.1. The second-order valence-electron chi connectivity index (χ2n) is 5.03. The van der Waals surface area contributed by atoms with Gasteiger partial charge in [-0.3, -0.25) is 4.79 Å². The molecular weight excluding hydrogens is 333 g/mol. The van der Waals surface area contributed by atoms with Crippen molar-refractivity contribution in [2.75, 3.05) is 18.5 Å². The second-order valence-corrected chi connectivity index (χ2v) is 5.44. The van der Waals surface area contributed by atoms with Gasteiger partial charge in [-0.25, -0.2) is 4.39 Å². The maximum atomic E-state index is 12.9. The Balaban J connectivity index is 2.25. The number of anilines is 1. The topological polar surface area (TPSA) is 47.6 Å². The molecule has 0 spiro atoms.